The Balaban J connectivity index is 2.86. The number of nitrogens with two attached hydrogens (primary N) is 1. The number of rotatable bonds is 7. The monoisotopic (exact) mass is 172 g/mol. The minimum Gasteiger partial charge on any atom is -0.370 e. The third kappa shape index (κ3) is 9.23. The molecule has 0 aliphatic carbocycles. The van der Waals surface area contributed by atoms with Crippen LogP contribution in [-0.4, -0.2) is 26.1 Å². The van der Waals surface area contributed by atoms with Crippen LogP contribution >= 0.6 is 0 Å². The van der Waals surface area contributed by atoms with Gasteiger partial charge in [-0.3, -0.25) is 5.41 Å². The van der Waals surface area contributed by atoms with Crippen LogP contribution in [0.4, 0.5) is 0 Å². The van der Waals surface area contributed by atoms with Gasteiger partial charge in [-0.2, -0.15) is 0 Å². The minimum atomic E-state index is 0.0743. The molecule has 0 aromatic rings. The maximum absolute atomic E-state index is 6.90. The summed E-state index contributed by atoms with van der Waals surface area (Å²) in [6, 6.07) is 0. The van der Waals surface area contributed by atoms with Crippen molar-refractivity contribution in [1.82, 2.24) is 10.6 Å². The Bertz CT molecular complexity index is 114. The molecule has 4 heteroatoms. The fourth-order valence-corrected chi connectivity index (χ4v) is 1.00. The maximum atomic E-state index is 6.90. The highest BCUT2D eigenvalue weighted by Crippen LogP contribution is 1.96. The first-order chi connectivity index (χ1) is 5.77. The average Bonchev–Trinajstić information content (AvgIpc) is 2.02. The van der Waals surface area contributed by atoms with Crippen molar-refractivity contribution < 1.29 is 0 Å². The quantitative estimate of drug-likeness (QED) is 0.253. The molecule has 0 saturated carbocycles. The van der Waals surface area contributed by atoms with Gasteiger partial charge in [-0.25, -0.2) is 0 Å². The van der Waals surface area contributed by atoms with Crippen molar-refractivity contribution in [3.05, 3.63) is 0 Å². The van der Waals surface area contributed by atoms with Gasteiger partial charge in [0.25, 0.3) is 0 Å². The van der Waals surface area contributed by atoms with Crippen molar-refractivity contribution in [2.45, 2.75) is 25.7 Å². The highest BCUT2D eigenvalue weighted by molar-refractivity contribution is 5.74. The van der Waals surface area contributed by atoms with Gasteiger partial charge in [-0.1, -0.05) is 12.8 Å². The molecule has 12 heavy (non-hydrogen) atoms. The van der Waals surface area contributed by atoms with Crippen LogP contribution < -0.4 is 16.4 Å². The molecule has 0 radical (unpaired) electrons. The Morgan fingerprint density at radius 1 is 1.17 bits per heavy atom. The van der Waals surface area contributed by atoms with Gasteiger partial charge >= 0.3 is 0 Å². The molecular weight excluding hydrogens is 152 g/mol. The van der Waals surface area contributed by atoms with E-state index in [2.05, 4.69) is 10.6 Å². The Morgan fingerprint density at radius 2 is 1.75 bits per heavy atom. The molecule has 0 bridgehead atoms. The van der Waals surface area contributed by atoms with E-state index in [1.54, 1.807) is 0 Å². The van der Waals surface area contributed by atoms with Crippen LogP contribution in [0, 0.1) is 5.41 Å². The van der Waals surface area contributed by atoms with E-state index in [0.717, 1.165) is 19.5 Å². The van der Waals surface area contributed by atoms with Gasteiger partial charge in [0, 0.05) is 6.54 Å². The normalized spacial score (nSPS) is 9.75. The second-order valence-corrected chi connectivity index (χ2v) is 2.86. The molecule has 0 amide bonds. The Hall–Kier alpha value is -0.770. The molecule has 0 unspecified atom stereocenters. The van der Waals surface area contributed by atoms with E-state index in [1.165, 1.54) is 19.3 Å². The lowest BCUT2D eigenvalue weighted by Crippen LogP contribution is -2.30. The molecule has 0 atom stereocenters. The minimum absolute atomic E-state index is 0.0743. The topological polar surface area (TPSA) is 73.9 Å². The van der Waals surface area contributed by atoms with Crippen molar-refractivity contribution >= 4 is 5.96 Å². The second kappa shape index (κ2) is 8.33. The lowest BCUT2D eigenvalue weighted by Gasteiger charge is -2.03. The molecule has 0 aromatic carbocycles. The summed E-state index contributed by atoms with van der Waals surface area (Å²) in [4.78, 5) is 0. The fourth-order valence-electron chi connectivity index (χ4n) is 1.00. The van der Waals surface area contributed by atoms with E-state index in [1.807, 2.05) is 7.05 Å². The molecule has 0 saturated heterocycles. The molecular formula is C8H20N4. The predicted octanol–water partition coefficient (Wildman–Crippen LogP) is 0.249. The van der Waals surface area contributed by atoms with E-state index < -0.39 is 0 Å². The molecule has 0 fully saturated rings. The zero-order chi connectivity index (χ0) is 9.23. The number of guanidine groups is 1. The molecule has 5 N–H and O–H groups in total. The summed E-state index contributed by atoms with van der Waals surface area (Å²) < 4.78 is 0. The smallest absolute Gasteiger partial charge is 0.185 e. The van der Waals surface area contributed by atoms with Crippen molar-refractivity contribution in [3.8, 4) is 0 Å². The van der Waals surface area contributed by atoms with Gasteiger partial charge < -0.3 is 16.4 Å². The summed E-state index contributed by atoms with van der Waals surface area (Å²) in [6.07, 6.45) is 4.79. The number of unbranched alkanes of at least 4 members (excludes halogenated alkanes) is 3. The Morgan fingerprint density at radius 3 is 2.25 bits per heavy atom. The number of nitrogens with one attached hydrogen (secondary N) is 3. The van der Waals surface area contributed by atoms with Crippen LogP contribution in [0.15, 0.2) is 0 Å². The van der Waals surface area contributed by atoms with Gasteiger partial charge in [0.2, 0.25) is 0 Å². The van der Waals surface area contributed by atoms with E-state index in [-0.39, 0.29) is 5.96 Å². The maximum Gasteiger partial charge on any atom is 0.185 e. The van der Waals surface area contributed by atoms with E-state index in [0.29, 0.717) is 0 Å². The zero-order valence-corrected chi connectivity index (χ0v) is 7.82. The predicted molar refractivity (Wildman–Crippen MR) is 52.3 cm³/mol. The first kappa shape index (κ1) is 11.2. The molecule has 4 nitrogen and oxygen atoms in total. The first-order valence-electron chi connectivity index (χ1n) is 4.50. The number of hydrogen-bond donors (Lipinski definition) is 4. The summed E-state index contributed by atoms with van der Waals surface area (Å²) in [6.45, 7) is 1.93. The fraction of sp³-hybridized carbons (Fsp3) is 0.875. The standard InChI is InChI=1S/C8H20N4/c1-11-6-4-2-3-5-7-12-8(9)10/h11H,2-7H2,1H3,(H4,9,10,12). The van der Waals surface area contributed by atoms with Crippen LogP contribution in [-0.2, 0) is 0 Å². The lowest BCUT2D eigenvalue weighted by atomic mass is 10.2. The molecule has 0 aliphatic heterocycles. The molecule has 0 spiro atoms. The molecule has 0 rings (SSSR count). The van der Waals surface area contributed by atoms with Crippen molar-refractivity contribution in [1.29, 1.82) is 5.41 Å². The zero-order valence-electron chi connectivity index (χ0n) is 7.82. The summed E-state index contributed by atoms with van der Waals surface area (Å²) in [5, 5.41) is 12.8. The summed E-state index contributed by atoms with van der Waals surface area (Å²) >= 11 is 0. The van der Waals surface area contributed by atoms with Gasteiger partial charge in [0.05, 0.1) is 0 Å². The second-order valence-electron chi connectivity index (χ2n) is 2.86. The Labute approximate surface area is 74.4 Å². The van der Waals surface area contributed by atoms with E-state index in [4.69, 9.17) is 11.1 Å². The Kier molecular flexibility index (Phi) is 7.79. The third-order valence-corrected chi connectivity index (χ3v) is 1.67. The number of hydrogen-bond acceptors (Lipinski definition) is 2. The van der Waals surface area contributed by atoms with E-state index in [9.17, 15) is 0 Å². The average molecular weight is 172 g/mol. The van der Waals surface area contributed by atoms with Gasteiger partial charge in [-0.05, 0) is 26.4 Å². The highest BCUT2D eigenvalue weighted by atomic mass is 15.0. The third-order valence-electron chi connectivity index (χ3n) is 1.67. The van der Waals surface area contributed by atoms with Gasteiger partial charge in [-0.15, -0.1) is 0 Å². The molecule has 0 aromatic heterocycles. The lowest BCUT2D eigenvalue weighted by molar-refractivity contribution is 0.610. The highest BCUT2D eigenvalue weighted by Gasteiger charge is 1.89. The van der Waals surface area contributed by atoms with Crippen molar-refractivity contribution in [2.75, 3.05) is 20.1 Å². The van der Waals surface area contributed by atoms with Crippen LogP contribution in [0.3, 0.4) is 0 Å². The van der Waals surface area contributed by atoms with Crippen LogP contribution in [0.5, 0.6) is 0 Å². The van der Waals surface area contributed by atoms with Crippen molar-refractivity contribution in [3.63, 3.8) is 0 Å². The first-order valence-corrected chi connectivity index (χ1v) is 4.50. The van der Waals surface area contributed by atoms with Crippen LogP contribution in [0.2, 0.25) is 0 Å². The SMILES string of the molecule is CNCCCCCCNC(=N)N. The van der Waals surface area contributed by atoms with E-state index >= 15 is 0 Å². The molecule has 0 aliphatic rings. The van der Waals surface area contributed by atoms with Gasteiger partial charge in [0.15, 0.2) is 5.96 Å². The largest absolute Gasteiger partial charge is 0.370 e. The van der Waals surface area contributed by atoms with Gasteiger partial charge in [0.1, 0.15) is 0 Å². The summed E-state index contributed by atoms with van der Waals surface area (Å²) in [5.41, 5.74) is 5.12. The molecule has 72 valence electrons. The summed E-state index contributed by atoms with van der Waals surface area (Å²) in [7, 11) is 1.97. The molecule has 0 heterocycles. The van der Waals surface area contributed by atoms with Crippen molar-refractivity contribution in [2.24, 2.45) is 5.73 Å². The van der Waals surface area contributed by atoms with Crippen LogP contribution in [0.25, 0.3) is 0 Å². The van der Waals surface area contributed by atoms with Crippen LogP contribution in [0.1, 0.15) is 25.7 Å². The summed E-state index contributed by atoms with van der Waals surface area (Å²) in [5.74, 6) is 0.0743.